The number of carbonyl (C=O) groups is 4. The van der Waals surface area contributed by atoms with E-state index in [4.69, 9.17) is 37.0 Å². The van der Waals surface area contributed by atoms with Crippen LogP contribution in [0.4, 0.5) is 0 Å². The molecule has 0 aromatic rings. The van der Waals surface area contributed by atoms with E-state index in [-0.39, 0.29) is 25.7 Å². The monoisotopic (exact) mass is 1540 g/mol. The van der Waals surface area contributed by atoms with Crippen molar-refractivity contribution in [2.45, 2.75) is 277 Å². The van der Waals surface area contributed by atoms with E-state index in [0.29, 0.717) is 38.5 Å². The van der Waals surface area contributed by atoms with Gasteiger partial charge in [0.1, 0.15) is 19.3 Å². The minimum absolute atomic E-state index is 0.0173. The first-order valence-corrected chi connectivity index (χ1v) is 43.0. The quantitative estimate of drug-likeness (QED) is 0.0169. The molecule has 19 heteroatoms. The Morgan fingerprint density at radius 3 is 0.796 bits per heavy atom. The lowest BCUT2D eigenvalue weighted by Gasteiger charge is -2.21. The SMILES string of the molecule is CC/C=C\C/C=C\C/C=C\C/C=C\C/C=C\C/C=C\CCC(=O)OCC(COP(=O)(O)OCC(O)COP(=O)(O)OCC(COC(=O)CC/C=C\C/C=C\C/C=C\C/C=C\C/C=C\C/C=C\CC)OC(=O)CCCCCCC/C=C\CCCC)OC(=O)CCCCC/C=C\C/C=C\C/C=C\C/C=C\C/C=C\CC. The van der Waals surface area contributed by atoms with Crippen LogP contribution in [0.1, 0.15) is 259 Å². The molecule has 0 saturated carbocycles. The fourth-order valence-corrected chi connectivity index (χ4v) is 11.0. The molecule has 3 N–H and O–H groups in total. The normalized spacial score (nSPS) is 15.0. The molecule has 5 unspecified atom stereocenters. The van der Waals surface area contributed by atoms with Gasteiger partial charge in [0.05, 0.1) is 26.4 Å². The summed E-state index contributed by atoms with van der Waals surface area (Å²) < 4.78 is 68.4. The Morgan fingerprint density at radius 2 is 0.500 bits per heavy atom. The Kier molecular flexibility index (Phi) is 73.7. The van der Waals surface area contributed by atoms with Crippen molar-refractivity contribution in [2.24, 2.45) is 0 Å². The molecular formula is C89H138O17P2. The number of phosphoric acid groups is 2. The van der Waals surface area contributed by atoms with Crippen molar-refractivity contribution in [3.63, 3.8) is 0 Å². The smallest absolute Gasteiger partial charge is 0.462 e. The Balaban J connectivity index is 5.53. The van der Waals surface area contributed by atoms with Crippen LogP contribution >= 0.6 is 15.6 Å². The molecule has 0 aliphatic heterocycles. The standard InChI is InChI=1S/C89H138O17P2/c1-5-9-13-17-21-25-29-32-35-38-41-44-47-50-54-57-61-65-69-73-86(91)99-79-84(105-88(93)75-71-67-63-59-53-28-24-20-16-12-8-4)81-103-107(95,96)101-77-83(90)78-102-108(97,98)104-82-85(106-89(94)76-72-68-64-60-56-52-49-46-43-40-37-34-31-27-23-19-15-11-7-3)80-100-87(92)74-70-66-62-58-55-51-48-45-42-39-36-33-30-26-22-18-14-10-6-2/h9-11,13-15,20-27,32-37,41-46,50-52,54-56,61-62,65-66,83-85,90H,5-8,12,16-19,28-31,38-40,47-49,53,57-60,63-64,67-82H2,1-4H3,(H,95,96)(H,97,98)/b13-9-,14-10-,15-11-,24-20-,25-21-,26-22-,27-23-,35-32-,36-33-,37-34-,44-41-,45-42-,46-43-,54-50-,55-51-,56-52-,65-61-,66-62-. The zero-order valence-electron chi connectivity index (χ0n) is 66.2. The maximum Gasteiger partial charge on any atom is 0.472 e. The van der Waals surface area contributed by atoms with Crippen LogP contribution in [-0.2, 0) is 65.4 Å². The molecule has 0 aromatic heterocycles. The number of aliphatic hydroxyl groups excluding tert-OH is 1. The number of hydrogen-bond acceptors (Lipinski definition) is 15. The molecule has 0 aromatic carbocycles. The lowest BCUT2D eigenvalue weighted by Crippen LogP contribution is -2.30. The second kappa shape index (κ2) is 78.5. The molecule has 0 aliphatic rings. The number of aliphatic hydroxyl groups is 1. The minimum Gasteiger partial charge on any atom is -0.462 e. The molecule has 5 atom stereocenters. The van der Waals surface area contributed by atoms with Crippen molar-refractivity contribution in [1.82, 2.24) is 0 Å². The van der Waals surface area contributed by atoms with Gasteiger partial charge in [0.25, 0.3) is 0 Å². The van der Waals surface area contributed by atoms with E-state index in [9.17, 15) is 43.2 Å². The van der Waals surface area contributed by atoms with Crippen LogP contribution < -0.4 is 0 Å². The van der Waals surface area contributed by atoms with Crippen molar-refractivity contribution >= 4 is 39.5 Å². The first-order chi connectivity index (χ1) is 52.7. The van der Waals surface area contributed by atoms with Crippen LogP contribution in [0, 0.1) is 0 Å². The predicted molar refractivity (Wildman–Crippen MR) is 445 cm³/mol. The fraction of sp³-hybridized carbons (Fsp3) is 0.551. The van der Waals surface area contributed by atoms with Crippen molar-refractivity contribution in [3.05, 3.63) is 219 Å². The first-order valence-electron chi connectivity index (χ1n) is 40.0. The number of allylic oxidation sites excluding steroid dienone is 36. The topological polar surface area (TPSA) is 237 Å². The largest absolute Gasteiger partial charge is 0.472 e. The second-order valence-electron chi connectivity index (χ2n) is 25.5. The molecule has 0 fully saturated rings. The van der Waals surface area contributed by atoms with Crippen molar-refractivity contribution in [1.29, 1.82) is 0 Å². The van der Waals surface area contributed by atoms with Gasteiger partial charge in [-0.25, -0.2) is 9.13 Å². The molecule has 0 radical (unpaired) electrons. The molecule has 0 saturated heterocycles. The maximum atomic E-state index is 13.1. The number of rotatable bonds is 72. The summed E-state index contributed by atoms with van der Waals surface area (Å²) in [6.45, 7) is 4.22. The number of unbranched alkanes of at least 4 members (excludes halogenated alkanes) is 10. The van der Waals surface area contributed by atoms with Crippen molar-refractivity contribution in [3.8, 4) is 0 Å². The van der Waals surface area contributed by atoms with Gasteiger partial charge in [0.2, 0.25) is 0 Å². The Morgan fingerprint density at radius 1 is 0.269 bits per heavy atom. The summed E-state index contributed by atoms with van der Waals surface area (Å²) in [7, 11) is -10.0. The van der Waals surface area contributed by atoms with Gasteiger partial charge in [0.15, 0.2) is 12.2 Å². The summed E-state index contributed by atoms with van der Waals surface area (Å²) >= 11 is 0. The van der Waals surface area contributed by atoms with Gasteiger partial charge in [-0.3, -0.25) is 37.3 Å². The molecule has 0 amide bonds. The molecule has 0 bridgehead atoms. The zero-order valence-corrected chi connectivity index (χ0v) is 68.0. The lowest BCUT2D eigenvalue weighted by atomic mass is 10.1. The Labute approximate surface area is 651 Å². The van der Waals surface area contributed by atoms with Gasteiger partial charge in [-0.2, -0.15) is 0 Å². The third-order valence-electron chi connectivity index (χ3n) is 15.4. The average molecular weight is 1540 g/mol. The summed E-state index contributed by atoms with van der Waals surface area (Å²) in [6, 6.07) is 0. The highest BCUT2D eigenvalue weighted by Gasteiger charge is 2.30. The van der Waals surface area contributed by atoms with Gasteiger partial charge in [-0.1, -0.05) is 285 Å². The number of hydrogen-bond donors (Lipinski definition) is 3. The van der Waals surface area contributed by atoms with Gasteiger partial charge >= 0.3 is 39.5 Å². The fourth-order valence-electron chi connectivity index (χ4n) is 9.45. The van der Waals surface area contributed by atoms with Gasteiger partial charge < -0.3 is 33.8 Å². The van der Waals surface area contributed by atoms with Gasteiger partial charge in [-0.15, -0.1) is 0 Å². The molecule has 108 heavy (non-hydrogen) atoms. The third-order valence-corrected chi connectivity index (χ3v) is 17.3. The van der Waals surface area contributed by atoms with E-state index in [0.717, 1.165) is 161 Å². The second-order valence-corrected chi connectivity index (χ2v) is 28.4. The van der Waals surface area contributed by atoms with E-state index in [1.54, 1.807) is 0 Å². The molecular weight excluding hydrogens is 1400 g/mol. The van der Waals surface area contributed by atoms with Crippen LogP contribution in [0.5, 0.6) is 0 Å². The lowest BCUT2D eigenvalue weighted by molar-refractivity contribution is -0.161. The van der Waals surface area contributed by atoms with E-state index >= 15 is 0 Å². The van der Waals surface area contributed by atoms with Crippen LogP contribution in [0.25, 0.3) is 0 Å². The number of carbonyl (C=O) groups excluding carboxylic acids is 4. The molecule has 17 nitrogen and oxygen atoms in total. The predicted octanol–water partition coefficient (Wildman–Crippen LogP) is 23.7. The van der Waals surface area contributed by atoms with Crippen LogP contribution in [-0.4, -0.2) is 96.7 Å². The summed E-state index contributed by atoms with van der Waals surface area (Å²) in [5.74, 6) is -2.45. The van der Waals surface area contributed by atoms with Gasteiger partial charge in [0, 0.05) is 25.7 Å². The third kappa shape index (κ3) is 77.5. The van der Waals surface area contributed by atoms with Crippen LogP contribution in [0.2, 0.25) is 0 Å². The molecule has 0 aliphatic carbocycles. The molecule has 0 heterocycles. The van der Waals surface area contributed by atoms with Crippen LogP contribution in [0.15, 0.2) is 219 Å². The number of phosphoric ester groups is 2. The highest BCUT2D eigenvalue weighted by atomic mass is 31.2. The highest BCUT2D eigenvalue weighted by molar-refractivity contribution is 7.47. The van der Waals surface area contributed by atoms with E-state index < -0.39 is 97.5 Å². The van der Waals surface area contributed by atoms with E-state index in [1.165, 1.54) is 6.42 Å². The van der Waals surface area contributed by atoms with Crippen molar-refractivity contribution < 1.29 is 80.2 Å². The highest BCUT2D eigenvalue weighted by Crippen LogP contribution is 2.45. The number of ether oxygens (including phenoxy) is 4. The summed E-state index contributed by atoms with van der Waals surface area (Å²) in [4.78, 5) is 73.0. The Bertz CT molecular complexity index is 2910. The summed E-state index contributed by atoms with van der Waals surface area (Å²) in [5, 5.41) is 10.6. The molecule has 0 rings (SSSR count). The van der Waals surface area contributed by atoms with E-state index in [1.807, 2.05) is 36.5 Å². The molecule has 606 valence electrons. The minimum atomic E-state index is -5.02. The number of esters is 4. The summed E-state index contributed by atoms with van der Waals surface area (Å²) in [6.07, 6.45) is 99.6. The van der Waals surface area contributed by atoms with Crippen LogP contribution in [0.3, 0.4) is 0 Å². The maximum absolute atomic E-state index is 13.1. The average Bonchev–Trinajstić information content (AvgIpc) is 0.917. The Hall–Kier alpha value is -6.62. The van der Waals surface area contributed by atoms with E-state index in [2.05, 4.69) is 210 Å². The molecule has 0 spiro atoms. The van der Waals surface area contributed by atoms with Gasteiger partial charge in [-0.05, 0) is 167 Å². The zero-order chi connectivity index (χ0) is 78.9. The summed E-state index contributed by atoms with van der Waals surface area (Å²) in [5.41, 5.74) is 0. The first kappa shape index (κ1) is 101. The van der Waals surface area contributed by atoms with Crippen molar-refractivity contribution in [2.75, 3.05) is 39.6 Å².